The van der Waals surface area contributed by atoms with Gasteiger partial charge in [0.1, 0.15) is 0 Å². The number of nitrogens with one attached hydrogen (secondary N) is 1. The van der Waals surface area contributed by atoms with E-state index < -0.39 is 10.1 Å². The summed E-state index contributed by atoms with van der Waals surface area (Å²) in [6, 6.07) is 12.8. The van der Waals surface area contributed by atoms with Crippen molar-refractivity contribution in [3.63, 3.8) is 0 Å². The molecule has 2 aromatic rings. The molecule has 2 rings (SSSR count). The van der Waals surface area contributed by atoms with Crippen LogP contribution in [0.3, 0.4) is 0 Å². The third-order valence-corrected chi connectivity index (χ3v) is 3.87. The summed E-state index contributed by atoms with van der Waals surface area (Å²) in [5.41, 5.74) is 1.33. The van der Waals surface area contributed by atoms with Crippen LogP contribution in [0.25, 0.3) is 0 Å². The summed E-state index contributed by atoms with van der Waals surface area (Å²) in [6.07, 6.45) is 0. The van der Waals surface area contributed by atoms with Crippen molar-refractivity contribution >= 4 is 27.4 Å². The molecule has 0 aliphatic heterocycles. The number of rotatable bonds is 4. The molecule has 0 aliphatic carbocycles. The summed E-state index contributed by atoms with van der Waals surface area (Å²) in [4.78, 5) is 13.7. The number of carbonyl (C=O) groups is 1. The van der Waals surface area contributed by atoms with E-state index in [1.165, 1.54) is 18.2 Å². The van der Waals surface area contributed by atoms with Crippen molar-refractivity contribution in [2.75, 3.05) is 24.3 Å². The molecule has 2 aromatic carbocycles. The van der Waals surface area contributed by atoms with Gasteiger partial charge in [-0.3, -0.25) is 9.35 Å². The van der Waals surface area contributed by atoms with Crippen LogP contribution in [0.5, 0.6) is 0 Å². The third kappa shape index (κ3) is 3.63. The fourth-order valence-electron chi connectivity index (χ4n) is 1.95. The number of carbonyl (C=O) groups excluding carboxylic acids is 1. The molecular weight excluding hydrogens is 304 g/mol. The van der Waals surface area contributed by atoms with Gasteiger partial charge in [-0.2, -0.15) is 8.42 Å². The maximum absolute atomic E-state index is 12.4. The first-order chi connectivity index (χ1) is 10.3. The Balaban J connectivity index is 2.40. The molecule has 0 saturated carbocycles. The monoisotopic (exact) mass is 320 g/mol. The first-order valence-electron chi connectivity index (χ1n) is 6.44. The van der Waals surface area contributed by atoms with Crippen molar-refractivity contribution in [2.45, 2.75) is 4.90 Å². The lowest BCUT2D eigenvalue weighted by Gasteiger charge is -2.18. The molecule has 0 aliphatic rings. The van der Waals surface area contributed by atoms with Crippen molar-refractivity contribution in [1.82, 2.24) is 0 Å². The van der Waals surface area contributed by atoms with Crippen LogP contribution in [0.4, 0.5) is 11.4 Å². The normalized spacial score (nSPS) is 11.0. The molecule has 1 amide bonds. The molecule has 0 unspecified atom stereocenters. The second-order valence-corrected chi connectivity index (χ2v) is 6.29. The Hall–Kier alpha value is -2.38. The van der Waals surface area contributed by atoms with E-state index >= 15 is 0 Å². The molecule has 0 radical (unpaired) electrons. The standard InChI is InChI=1S/C15H16N2O4S/c1-17(2)14-10-12(22(19,20)21)8-9-13(14)15(18)16-11-6-4-3-5-7-11/h3-10H,1-2H3,(H,16,18)(H,19,20,21). The number of hydrogen-bond acceptors (Lipinski definition) is 4. The molecule has 116 valence electrons. The second kappa shape index (κ2) is 6.17. The highest BCUT2D eigenvalue weighted by atomic mass is 32.2. The molecule has 7 heteroatoms. The molecule has 0 spiro atoms. The predicted molar refractivity (Wildman–Crippen MR) is 85.0 cm³/mol. The topological polar surface area (TPSA) is 86.7 Å². The first-order valence-corrected chi connectivity index (χ1v) is 7.88. The van der Waals surface area contributed by atoms with E-state index in [4.69, 9.17) is 4.55 Å². The van der Waals surface area contributed by atoms with Crippen LogP contribution in [0.2, 0.25) is 0 Å². The smallest absolute Gasteiger partial charge is 0.294 e. The SMILES string of the molecule is CN(C)c1cc(S(=O)(=O)O)ccc1C(=O)Nc1ccccc1. The van der Waals surface area contributed by atoms with Crippen molar-refractivity contribution in [1.29, 1.82) is 0 Å². The molecule has 0 saturated heterocycles. The lowest BCUT2D eigenvalue weighted by Crippen LogP contribution is -2.19. The Morgan fingerprint density at radius 2 is 1.73 bits per heavy atom. The highest BCUT2D eigenvalue weighted by Crippen LogP contribution is 2.24. The summed E-state index contributed by atoms with van der Waals surface area (Å²) in [5, 5.41) is 2.73. The average Bonchev–Trinajstić information content (AvgIpc) is 2.46. The molecule has 2 N–H and O–H groups in total. The number of para-hydroxylation sites is 1. The average molecular weight is 320 g/mol. The van der Waals surface area contributed by atoms with Gasteiger partial charge < -0.3 is 10.2 Å². The van der Waals surface area contributed by atoms with Crippen molar-refractivity contribution in [2.24, 2.45) is 0 Å². The number of anilines is 2. The van der Waals surface area contributed by atoms with Gasteiger partial charge in [-0.05, 0) is 30.3 Å². The summed E-state index contributed by atoms with van der Waals surface area (Å²) in [6.45, 7) is 0. The second-order valence-electron chi connectivity index (χ2n) is 4.87. The maximum Gasteiger partial charge on any atom is 0.294 e. The minimum atomic E-state index is -4.32. The lowest BCUT2D eigenvalue weighted by molar-refractivity contribution is 0.102. The summed E-state index contributed by atoms with van der Waals surface area (Å²) >= 11 is 0. The minimum absolute atomic E-state index is 0.257. The van der Waals surface area contributed by atoms with Crippen molar-refractivity contribution in [3.8, 4) is 0 Å². The Bertz CT molecular complexity index is 786. The molecule has 6 nitrogen and oxygen atoms in total. The third-order valence-electron chi connectivity index (χ3n) is 3.03. The zero-order chi connectivity index (χ0) is 16.3. The van der Waals surface area contributed by atoms with Gasteiger partial charge in [-0.1, -0.05) is 18.2 Å². The molecule has 0 atom stereocenters. The lowest BCUT2D eigenvalue weighted by atomic mass is 10.1. The van der Waals surface area contributed by atoms with E-state index in [0.717, 1.165) is 0 Å². The van der Waals surface area contributed by atoms with E-state index in [0.29, 0.717) is 16.9 Å². The first kappa shape index (κ1) is 16.0. The van der Waals surface area contributed by atoms with E-state index in [1.54, 1.807) is 43.3 Å². The predicted octanol–water partition coefficient (Wildman–Crippen LogP) is 2.25. The Morgan fingerprint density at radius 3 is 2.27 bits per heavy atom. The Morgan fingerprint density at radius 1 is 1.09 bits per heavy atom. The molecule has 0 heterocycles. The molecule has 0 aromatic heterocycles. The van der Waals surface area contributed by atoms with Crippen LogP contribution in [-0.4, -0.2) is 33.0 Å². The molecular formula is C15H16N2O4S. The van der Waals surface area contributed by atoms with Gasteiger partial charge in [-0.15, -0.1) is 0 Å². The highest BCUT2D eigenvalue weighted by Gasteiger charge is 2.18. The minimum Gasteiger partial charge on any atom is -0.377 e. The number of amides is 1. The van der Waals surface area contributed by atoms with Crippen LogP contribution < -0.4 is 10.2 Å². The van der Waals surface area contributed by atoms with Gasteiger partial charge in [-0.25, -0.2) is 0 Å². The zero-order valence-corrected chi connectivity index (χ0v) is 13.0. The number of benzene rings is 2. The summed E-state index contributed by atoms with van der Waals surface area (Å²) in [7, 11) is -0.953. The van der Waals surface area contributed by atoms with Gasteiger partial charge in [0.05, 0.1) is 16.1 Å². The van der Waals surface area contributed by atoms with E-state index in [9.17, 15) is 13.2 Å². The van der Waals surface area contributed by atoms with Crippen LogP contribution in [0.1, 0.15) is 10.4 Å². The fraction of sp³-hybridized carbons (Fsp3) is 0.133. The summed E-state index contributed by atoms with van der Waals surface area (Å²) in [5.74, 6) is -0.364. The molecule has 0 fully saturated rings. The Kier molecular flexibility index (Phi) is 4.48. The fourth-order valence-corrected chi connectivity index (χ4v) is 2.45. The maximum atomic E-state index is 12.4. The number of nitrogens with zero attached hydrogens (tertiary/aromatic N) is 1. The largest absolute Gasteiger partial charge is 0.377 e. The van der Waals surface area contributed by atoms with Crippen molar-refractivity contribution < 1.29 is 17.8 Å². The van der Waals surface area contributed by atoms with E-state index in [2.05, 4.69) is 5.32 Å². The van der Waals surface area contributed by atoms with E-state index in [-0.39, 0.29) is 10.8 Å². The molecule has 22 heavy (non-hydrogen) atoms. The molecule has 0 bridgehead atoms. The van der Waals surface area contributed by atoms with Gasteiger partial charge in [0, 0.05) is 19.8 Å². The van der Waals surface area contributed by atoms with Gasteiger partial charge in [0.2, 0.25) is 0 Å². The zero-order valence-electron chi connectivity index (χ0n) is 12.1. The van der Waals surface area contributed by atoms with Gasteiger partial charge in [0.15, 0.2) is 0 Å². The van der Waals surface area contributed by atoms with Crippen LogP contribution in [-0.2, 0) is 10.1 Å². The van der Waals surface area contributed by atoms with E-state index in [1.807, 2.05) is 6.07 Å². The van der Waals surface area contributed by atoms with Gasteiger partial charge >= 0.3 is 0 Å². The van der Waals surface area contributed by atoms with Crippen molar-refractivity contribution in [3.05, 3.63) is 54.1 Å². The number of hydrogen-bond donors (Lipinski definition) is 2. The van der Waals surface area contributed by atoms with Crippen LogP contribution in [0.15, 0.2) is 53.4 Å². The Labute approximate surface area is 129 Å². The highest BCUT2D eigenvalue weighted by molar-refractivity contribution is 7.85. The quantitative estimate of drug-likeness (QED) is 0.844. The summed E-state index contributed by atoms with van der Waals surface area (Å²) < 4.78 is 31.5. The van der Waals surface area contributed by atoms with Gasteiger partial charge in [0.25, 0.3) is 16.0 Å². The van der Waals surface area contributed by atoms with Crippen LogP contribution in [0, 0.1) is 0 Å². The van der Waals surface area contributed by atoms with Crippen LogP contribution >= 0.6 is 0 Å².